The molecule has 3 unspecified atom stereocenters. The molecule has 3 aliphatic rings. The Morgan fingerprint density at radius 2 is 1.90 bits per heavy atom. The van der Waals surface area contributed by atoms with Crippen molar-refractivity contribution in [3.63, 3.8) is 0 Å². The Hall–Kier alpha value is -3.42. The summed E-state index contributed by atoms with van der Waals surface area (Å²) in [6, 6.07) is 7.64. The number of aromatic nitrogens is 1. The highest BCUT2D eigenvalue weighted by Gasteiger charge is 2.53. The smallest absolute Gasteiger partial charge is 0.337 e. The molecule has 1 fully saturated rings. The zero-order chi connectivity index (χ0) is 21.7. The van der Waals surface area contributed by atoms with Gasteiger partial charge in [0, 0.05) is 6.07 Å². The molecule has 2 aliphatic heterocycles. The van der Waals surface area contributed by atoms with Crippen molar-refractivity contribution < 1.29 is 28.4 Å². The molecule has 0 bridgehead atoms. The van der Waals surface area contributed by atoms with Gasteiger partial charge in [0.2, 0.25) is 0 Å². The van der Waals surface area contributed by atoms with Crippen molar-refractivity contribution >= 4 is 23.5 Å². The minimum absolute atomic E-state index is 0.0379. The SMILES string of the molecule is COC(=O)c1ccc(C2C3=C(OC4CCCCC4C3=O)C(=O)N2c2cc(C)on2)cc1. The molecule has 1 aromatic carbocycles. The van der Waals surface area contributed by atoms with E-state index in [-0.39, 0.29) is 23.6 Å². The molecule has 3 heterocycles. The third kappa shape index (κ3) is 3.05. The number of amides is 1. The lowest BCUT2D eigenvalue weighted by Crippen LogP contribution is -2.39. The fourth-order valence-corrected chi connectivity index (χ4v) is 4.78. The van der Waals surface area contributed by atoms with Crippen molar-refractivity contribution in [2.75, 3.05) is 12.0 Å². The van der Waals surface area contributed by atoms with Gasteiger partial charge in [0.15, 0.2) is 17.4 Å². The average Bonchev–Trinajstić information content (AvgIpc) is 3.34. The predicted molar refractivity (Wildman–Crippen MR) is 108 cm³/mol. The van der Waals surface area contributed by atoms with E-state index in [0.717, 1.165) is 25.7 Å². The monoisotopic (exact) mass is 422 g/mol. The second-order valence-electron chi connectivity index (χ2n) is 8.14. The Balaban J connectivity index is 1.62. The number of nitrogens with zero attached hydrogens (tertiary/aromatic N) is 2. The molecule has 0 spiro atoms. The summed E-state index contributed by atoms with van der Waals surface area (Å²) in [4.78, 5) is 40.2. The van der Waals surface area contributed by atoms with Gasteiger partial charge in [-0.25, -0.2) is 4.79 Å². The molecule has 3 atom stereocenters. The summed E-state index contributed by atoms with van der Waals surface area (Å²) in [6.07, 6.45) is 3.21. The standard InChI is InChI=1S/C23H22N2O6/c1-12-11-17(24-31-12)25-19(13-7-9-14(10-8-13)23(28)29-2)18-20(26)15-5-3-4-6-16(15)30-21(18)22(25)27/h7-11,15-16,19H,3-6H2,1-2H3. The number of hydrogen-bond acceptors (Lipinski definition) is 7. The van der Waals surface area contributed by atoms with E-state index >= 15 is 0 Å². The molecule has 1 aliphatic carbocycles. The van der Waals surface area contributed by atoms with Crippen LogP contribution in [0.5, 0.6) is 0 Å². The van der Waals surface area contributed by atoms with Crippen LogP contribution in [-0.2, 0) is 19.1 Å². The first-order chi connectivity index (χ1) is 15.0. The van der Waals surface area contributed by atoms with E-state index in [1.165, 1.54) is 12.0 Å². The summed E-state index contributed by atoms with van der Waals surface area (Å²) in [5.74, 6) is -0.162. The van der Waals surface area contributed by atoms with E-state index < -0.39 is 17.9 Å². The molecule has 5 rings (SSSR count). The number of anilines is 1. The van der Waals surface area contributed by atoms with E-state index in [1.807, 2.05) is 0 Å². The summed E-state index contributed by atoms with van der Waals surface area (Å²) in [5, 5.41) is 4.02. The maximum Gasteiger partial charge on any atom is 0.337 e. The molecule has 160 valence electrons. The van der Waals surface area contributed by atoms with Gasteiger partial charge in [0.05, 0.1) is 30.2 Å². The number of rotatable bonds is 3. The second-order valence-corrected chi connectivity index (χ2v) is 8.14. The highest BCUT2D eigenvalue weighted by molar-refractivity contribution is 6.17. The van der Waals surface area contributed by atoms with Crippen LogP contribution < -0.4 is 4.90 Å². The van der Waals surface area contributed by atoms with Gasteiger partial charge in [-0.2, -0.15) is 0 Å². The van der Waals surface area contributed by atoms with Crippen molar-refractivity contribution in [3.05, 3.63) is 58.6 Å². The Morgan fingerprint density at radius 3 is 2.58 bits per heavy atom. The molecule has 8 heteroatoms. The normalized spacial score (nSPS) is 25.2. The third-order valence-electron chi connectivity index (χ3n) is 6.27. The minimum Gasteiger partial charge on any atom is -0.483 e. The Bertz CT molecular complexity index is 1100. The van der Waals surface area contributed by atoms with Crippen molar-refractivity contribution in [2.45, 2.75) is 44.8 Å². The van der Waals surface area contributed by atoms with Gasteiger partial charge in [0.25, 0.3) is 5.91 Å². The number of Topliss-reactive ketones (excluding diaryl/α,β-unsaturated/α-hetero) is 1. The highest BCUT2D eigenvalue weighted by atomic mass is 16.5. The van der Waals surface area contributed by atoms with Gasteiger partial charge in [-0.15, -0.1) is 0 Å². The van der Waals surface area contributed by atoms with Crippen molar-refractivity contribution in [1.82, 2.24) is 5.16 Å². The van der Waals surface area contributed by atoms with E-state index in [4.69, 9.17) is 14.0 Å². The fourth-order valence-electron chi connectivity index (χ4n) is 4.78. The van der Waals surface area contributed by atoms with Crippen LogP contribution in [0.3, 0.4) is 0 Å². The van der Waals surface area contributed by atoms with Gasteiger partial charge in [-0.1, -0.05) is 23.7 Å². The zero-order valence-corrected chi connectivity index (χ0v) is 17.3. The predicted octanol–water partition coefficient (Wildman–Crippen LogP) is 3.27. The quantitative estimate of drug-likeness (QED) is 0.700. The van der Waals surface area contributed by atoms with Crippen LogP contribution in [-0.4, -0.2) is 36.0 Å². The lowest BCUT2D eigenvalue weighted by atomic mass is 9.77. The van der Waals surface area contributed by atoms with Gasteiger partial charge < -0.3 is 14.0 Å². The molecular formula is C23H22N2O6. The third-order valence-corrected chi connectivity index (χ3v) is 6.27. The topological polar surface area (TPSA) is 98.9 Å². The minimum atomic E-state index is -0.700. The first kappa shape index (κ1) is 19.5. The van der Waals surface area contributed by atoms with E-state index in [0.29, 0.717) is 28.3 Å². The lowest BCUT2D eigenvalue weighted by Gasteiger charge is -2.35. The number of methoxy groups -OCH3 is 1. The largest absolute Gasteiger partial charge is 0.483 e. The maximum absolute atomic E-state index is 13.5. The molecule has 0 N–H and O–H groups in total. The summed E-state index contributed by atoms with van der Waals surface area (Å²) in [7, 11) is 1.32. The number of hydrogen-bond donors (Lipinski definition) is 0. The number of esters is 1. The van der Waals surface area contributed by atoms with E-state index in [1.54, 1.807) is 37.3 Å². The first-order valence-electron chi connectivity index (χ1n) is 10.4. The fraction of sp³-hybridized carbons (Fsp3) is 0.391. The number of ketones is 1. The number of carbonyl (C=O) groups excluding carboxylic acids is 3. The maximum atomic E-state index is 13.5. The van der Waals surface area contributed by atoms with Crippen molar-refractivity contribution in [3.8, 4) is 0 Å². The summed E-state index contributed by atoms with van der Waals surface area (Å²) in [5.41, 5.74) is 1.42. The number of benzene rings is 1. The highest BCUT2D eigenvalue weighted by Crippen LogP contribution is 2.48. The molecule has 2 aromatic rings. The van der Waals surface area contributed by atoms with Crippen LogP contribution in [0.15, 0.2) is 46.2 Å². The number of ether oxygens (including phenoxy) is 2. The summed E-state index contributed by atoms with van der Waals surface area (Å²) in [6.45, 7) is 1.74. The number of fused-ring (bicyclic) bond motifs is 1. The summed E-state index contributed by atoms with van der Waals surface area (Å²) >= 11 is 0. The molecular weight excluding hydrogens is 400 g/mol. The zero-order valence-electron chi connectivity index (χ0n) is 17.3. The van der Waals surface area contributed by atoms with Crippen LogP contribution in [0.2, 0.25) is 0 Å². The first-order valence-corrected chi connectivity index (χ1v) is 10.4. The van der Waals surface area contributed by atoms with Crippen molar-refractivity contribution in [2.24, 2.45) is 5.92 Å². The van der Waals surface area contributed by atoms with Crippen molar-refractivity contribution in [1.29, 1.82) is 0 Å². The summed E-state index contributed by atoms with van der Waals surface area (Å²) < 4.78 is 16.1. The van der Waals surface area contributed by atoms with Crippen LogP contribution in [0.1, 0.15) is 53.4 Å². The molecule has 1 aromatic heterocycles. The van der Waals surface area contributed by atoms with Crippen LogP contribution in [0.25, 0.3) is 0 Å². The molecule has 8 nitrogen and oxygen atoms in total. The number of aryl methyl sites for hydroxylation is 1. The van der Waals surface area contributed by atoms with Gasteiger partial charge >= 0.3 is 5.97 Å². The lowest BCUT2D eigenvalue weighted by molar-refractivity contribution is -0.131. The Labute approximate surface area is 178 Å². The molecule has 1 saturated carbocycles. The Kier molecular flexibility index (Phi) is 4.64. The Morgan fingerprint density at radius 1 is 1.16 bits per heavy atom. The molecule has 0 radical (unpaired) electrons. The second kappa shape index (κ2) is 7.37. The molecule has 31 heavy (non-hydrogen) atoms. The van der Waals surface area contributed by atoms with Crippen LogP contribution in [0, 0.1) is 12.8 Å². The van der Waals surface area contributed by atoms with Gasteiger partial charge in [-0.3, -0.25) is 14.5 Å². The van der Waals surface area contributed by atoms with E-state index in [2.05, 4.69) is 5.16 Å². The molecule has 1 amide bonds. The average molecular weight is 422 g/mol. The van der Waals surface area contributed by atoms with Crippen LogP contribution in [0.4, 0.5) is 5.82 Å². The molecule has 0 saturated heterocycles. The number of carbonyl (C=O) groups is 3. The van der Waals surface area contributed by atoms with Crippen LogP contribution >= 0.6 is 0 Å². The van der Waals surface area contributed by atoms with Gasteiger partial charge in [0.1, 0.15) is 11.9 Å². The van der Waals surface area contributed by atoms with Gasteiger partial charge in [-0.05, 0) is 43.9 Å². The van der Waals surface area contributed by atoms with E-state index in [9.17, 15) is 14.4 Å².